The summed E-state index contributed by atoms with van der Waals surface area (Å²) in [5, 5.41) is 3.19. The van der Waals surface area contributed by atoms with Gasteiger partial charge in [-0.1, -0.05) is 35.6 Å². The van der Waals surface area contributed by atoms with Gasteiger partial charge in [0.2, 0.25) is 5.69 Å². The van der Waals surface area contributed by atoms with E-state index in [4.69, 9.17) is 16.0 Å². The Bertz CT molecular complexity index is 1080. The fourth-order valence-corrected chi connectivity index (χ4v) is 3.98. The lowest BCUT2D eigenvalue weighted by Crippen LogP contribution is -2.25. The van der Waals surface area contributed by atoms with Crippen molar-refractivity contribution < 1.29 is 14.3 Å². The molecule has 0 unspecified atom stereocenters. The lowest BCUT2D eigenvalue weighted by Gasteiger charge is -2.18. The number of hydrogen-bond donors (Lipinski definition) is 1. The lowest BCUT2D eigenvalue weighted by molar-refractivity contribution is -0.118. The highest BCUT2D eigenvalue weighted by Crippen LogP contribution is 2.41. The molecule has 4 rings (SSSR count). The second-order valence-electron chi connectivity index (χ2n) is 6.87. The van der Waals surface area contributed by atoms with Crippen LogP contribution >= 0.6 is 11.3 Å². The van der Waals surface area contributed by atoms with Gasteiger partial charge in [-0.2, -0.15) is 0 Å². The summed E-state index contributed by atoms with van der Waals surface area (Å²) in [4.78, 5) is 20.1. The van der Waals surface area contributed by atoms with Crippen molar-refractivity contribution in [3.63, 3.8) is 0 Å². The Morgan fingerprint density at radius 2 is 2.19 bits per heavy atom. The van der Waals surface area contributed by atoms with Crippen LogP contribution in [0.2, 0.25) is 0 Å². The summed E-state index contributed by atoms with van der Waals surface area (Å²) in [7, 11) is 0. The van der Waals surface area contributed by atoms with Gasteiger partial charge in [-0.05, 0) is 26.0 Å². The molecule has 0 fully saturated rings. The van der Waals surface area contributed by atoms with Crippen LogP contribution in [0, 0.1) is 6.57 Å². The van der Waals surface area contributed by atoms with Crippen LogP contribution in [0.5, 0.6) is 11.5 Å². The molecule has 0 saturated heterocycles. The Morgan fingerprint density at radius 1 is 1.37 bits per heavy atom. The molecular formula is C20H17N3O3S. The van der Waals surface area contributed by atoms with Crippen LogP contribution in [0.4, 0.5) is 10.8 Å². The maximum absolute atomic E-state index is 12.3. The molecule has 0 radical (unpaired) electrons. The van der Waals surface area contributed by atoms with Gasteiger partial charge in [-0.15, -0.1) is 0 Å². The van der Waals surface area contributed by atoms with Gasteiger partial charge in [-0.3, -0.25) is 10.1 Å². The minimum absolute atomic E-state index is 0.147. The van der Waals surface area contributed by atoms with Crippen LogP contribution in [0.3, 0.4) is 0 Å². The molecule has 1 aromatic heterocycles. The Hall–Kier alpha value is -3.11. The SMILES string of the molecule is [C-]#[N+]c1cccc2sc(NC(=O)COc3cccc4c3OC(C)(C)C4)nc12. The van der Waals surface area contributed by atoms with Gasteiger partial charge in [0, 0.05) is 16.7 Å². The van der Waals surface area contributed by atoms with E-state index < -0.39 is 0 Å². The molecule has 2 aromatic carbocycles. The first-order valence-corrected chi connectivity index (χ1v) is 9.27. The van der Waals surface area contributed by atoms with Crippen LogP contribution in [-0.4, -0.2) is 23.1 Å². The zero-order valence-corrected chi connectivity index (χ0v) is 15.7. The van der Waals surface area contributed by atoms with E-state index in [2.05, 4.69) is 15.1 Å². The maximum atomic E-state index is 12.3. The predicted molar refractivity (Wildman–Crippen MR) is 105 cm³/mol. The Balaban J connectivity index is 1.45. The highest BCUT2D eigenvalue weighted by molar-refractivity contribution is 7.22. The third-order valence-electron chi connectivity index (χ3n) is 4.18. The monoisotopic (exact) mass is 379 g/mol. The van der Waals surface area contributed by atoms with Crippen LogP contribution in [0.15, 0.2) is 36.4 Å². The molecule has 6 nitrogen and oxygen atoms in total. The van der Waals surface area contributed by atoms with Gasteiger partial charge in [0.1, 0.15) is 5.60 Å². The van der Waals surface area contributed by atoms with E-state index in [1.807, 2.05) is 32.0 Å². The number of thiazole rings is 1. The number of carbonyl (C=O) groups excluding carboxylic acids is 1. The number of benzene rings is 2. The van der Waals surface area contributed by atoms with Crippen molar-refractivity contribution in [2.24, 2.45) is 0 Å². The van der Waals surface area contributed by atoms with E-state index in [1.165, 1.54) is 11.3 Å². The zero-order chi connectivity index (χ0) is 19.0. The van der Waals surface area contributed by atoms with Crippen molar-refractivity contribution in [3.8, 4) is 11.5 Å². The molecule has 7 heteroatoms. The molecule has 1 aliphatic rings. The average molecular weight is 379 g/mol. The number of carbonyl (C=O) groups is 1. The maximum Gasteiger partial charge on any atom is 0.264 e. The molecule has 2 heterocycles. The highest BCUT2D eigenvalue weighted by atomic mass is 32.1. The van der Waals surface area contributed by atoms with Gasteiger partial charge in [-0.25, -0.2) is 9.83 Å². The third kappa shape index (κ3) is 3.44. The van der Waals surface area contributed by atoms with Gasteiger partial charge in [0.25, 0.3) is 5.91 Å². The molecule has 1 amide bonds. The largest absolute Gasteiger partial charge is 0.483 e. The zero-order valence-electron chi connectivity index (χ0n) is 14.9. The number of fused-ring (bicyclic) bond motifs is 2. The van der Waals surface area contributed by atoms with Crippen molar-refractivity contribution in [3.05, 3.63) is 53.4 Å². The number of nitrogens with zero attached hydrogens (tertiary/aromatic N) is 2. The third-order valence-corrected chi connectivity index (χ3v) is 5.11. The molecule has 0 aliphatic carbocycles. The molecule has 0 spiro atoms. The number of ether oxygens (including phenoxy) is 2. The molecule has 0 saturated carbocycles. The number of amides is 1. The minimum atomic E-state index is -0.312. The van der Waals surface area contributed by atoms with Crippen molar-refractivity contribution in [1.29, 1.82) is 0 Å². The summed E-state index contributed by atoms with van der Waals surface area (Å²) >= 11 is 1.33. The molecule has 3 aromatic rings. The average Bonchev–Trinajstić information content (AvgIpc) is 3.17. The van der Waals surface area contributed by atoms with Crippen molar-refractivity contribution in [1.82, 2.24) is 4.98 Å². The first-order chi connectivity index (χ1) is 12.9. The van der Waals surface area contributed by atoms with Gasteiger partial charge < -0.3 is 9.47 Å². The molecule has 0 atom stereocenters. The highest BCUT2D eigenvalue weighted by Gasteiger charge is 2.32. The summed E-state index contributed by atoms with van der Waals surface area (Å²) in [6.45, 7) is 11.1. The second kappa shape index (κ2) is 6.56. The van der Waals surface area contributed by atoms with Crippen LogP contribution < -0.4 is 14.8 Å². The number of rotatable bonds is 4. The quantitative estimate of drug-likeness (QED) is 0.674. The number of hydrogen-bond acceptors (Lipinski definition) is 5. The molecule has 136 valence electrons. The summed E-state index contributed by atoms with van der Waals surface area (Å²) < 4.78 is 12.5. The first-order valence-electron chi connectivity index (χ1n) is 8.46. The van der Waals surface area contributed by atoms with E-state index in [9.17, 15) is 4.79 Å². The van der Waals surface area contributed by atoms with E-state index in [0.29, 0.717) is 27.8 Å². The van der Waals surface area contributed by atoms with E-state index in [-0.39, 0.29) is 18.1 Å². The fraction of sp³-hybridized carbons (Fsp3) is 0.250. The topological polar surface area (TPSA) is 64.8 Å². The number of aromatic nitrogens is 1. The first kappa shape index (κ1) is 17.3. The molecular weight excluding hydrogens is 362 g/mol. The van der Waals surface area contributed by atoms with Crippen molar-refractivity contribution in [2.45, 2.75) is 25.9 Å². The standard InChI is InChI=1S/C20H17N3O3S/c1-20(2)10-12-6-4-8-14(18(12)26-20)25-11-16(24)22-19-23-17-13(21-3)7-5-9-15(17)27-19/h4-9H,10-11H2,1-2H3,(H,22,23,24). The fourth-order valence-electron chi connectivity index (χ4n) is 3.08. The van der Waals surface area contributed by atoms with Crippen molar-refractivity contribution >= 4 is 38.3 Å². The van der Waals surface area contributed by atoms with Gasteiger partial charge >= 0.3 is 0 Å². The van der Waals surface area contributed by atoms with Crippen LogP contribution in [0.1, 0.15) is 19.4 Å². The number of nitrogens with one attached hydrogen (secondary N) is 1. The minimum Gasteiger partial charge on any atom is -0.483 e. The van der Waals surface area contributed by atoms with Crippen LogP contribution in [0.25, 0.3) is 15.1 Å². The predicted octanol–water partition coefficient (Wildman–Crippen LogP) is 4.58. The van der Waals surface area contributed by atoms with Crippen LogP contribution in [-0.2, 0) is 11.2 Å². The van der Waals surface area contributed by atoms with E-state index in [1.54, 1.807) is 18.2 Å². The summed E-state index contributed by atoms with van der Waals surface area (Å²) in [5.74, 6) is 0.957. The molecule has 1 N–H and O–H groups in total. The van der Waals surface area contributed by atoms with E-state index >= 15 is 0 Å². The Morgan fingerprint density at radius 3 is 3.00 bits per heavy atom. The van der Waals surface area contributed by atoms with E-state index in [0.717, 1.165) is 16.7 Å². The number of para-hydroxylation sites is 2. The normalized spacial score (nSPS) is 14.3. The van der Waals surface area contributed by atoms with Gasteiger partial charge in [0.15, 0.2) is 23.2 Å². The summed E-state index contributed by atoms with van der Waals surface area (Å²) in [6, 6.07) is 11.1. The molecule has 1 aliphatic heterocycles. The second-order valence-corrected chi connectivity index (χ2v) is 7.91. The smallest absolute Gasteiger partial charge is 0.264 e. The van der Waals surface area contributed by atoms with Gasteiger partial charge in [0.05, 0.1) is 12.1 Å². The molecule has 27 heavy (non-hydrogen) atoms. The summed E-state index contributed by atoms with van der Waals surface area (Å²) in [5.41, 5.74) is 1.88. The van der Waals surface area contributed by atoms with Crippen molar-refractivity contribution in [2.75, 3.05) is 11.9 Å². The Kier molecular flexibility index (Phi) is 4.21. The Labute approximate surface area is 160 Å². The summed E-state index contributed by atoms with van der Waals surface area (Å²) in [6.07, 6.45) is 0.806. The lowest BCUT2D eigenvalue weighted by atomic mass is 10.0. The number of anilines is 1. The molecule has 0 bridgehead atoms.